The summed E-state index contributed by atoms with van der Waals surface area (Å²) in [6.45, 7) is 1.88. The predicted octanol–water partition coefficient (Wildman–Crippen LogP) is 1.92. The molecule has 2 rings (SSSR count). The molecule has 13 heavy (non-hydrogen) atoms. The average Bonchev–Trinajstić information content (AvgIpc) is 2.53. The highest BCUT2D eigenvalue weighted by atomic mass is 32.2. The van der Waals surface area contributed by atoms with Gasteiger partial charge in [0.2, 0.25) is 0 Å². The second-order valence-electron chi connectivity index (χ2n) is 2.42. The minimum absolute atomic E-state index is 0.595. The van der Waals surface area contributed by atoms with Crippen molar-refractivity contribution in [2.75, 3.05) is 0 Å². The lowest BCUT2D eigenvalue weighted by atomic mass is 10.6. The van der Waals surface area contributed by atoms with Crippen LogP contribution in [-0.4, -0.2) is 15.2 Å². The molecule has 2 aromatic heterocycles. The first-order valence-electron chi connectivity index (χ1n) is 3.72. The molecule has 66 valence electrons. The molecule has 0 aliphatic carbocycles. The highest BCUT2D eigenvalue weighted by molar-refractivity contribution is 7.99. The van der Waals surface area contributed by atoms with Gasteiger partial charge < -0.3 is 4.42 Å². The Labute approximate surface area is 79.4 Å². The van der Waals surface area contributed by atoms with Gasteiger partial charge in [-0.25, -0.2) is 4.98 Å². The summed E-state index contributed by atoms with van der Waals surface area (Å²) in [6, 6.07) is 3.68. The maximum absolute atomic E-state index is 5.15. The largest absolute Gasteiger partial charge is 0.439 e. The van der Waals surface area contributed by atoms with Crippen molar-refractivity contribution < 1.29 is 4.42 Å². The molecule has 0 aromatic carbocycles. The lowest BCUT2D eigenvalue weighted by Gasteiger charge is -1.91. The van der Waals surface area contributed by atoms with Crippen molar-refractivity contribution in [2.45, 2.75) is 17.2 Å². The number of oxazole rings is 1. The zero-order chi connectivity index (χ0) is 9.10. The van der Waals surface area contributed by atoms with E-state index in [9.17, 15) is 0 Å². The molecule has 0 unspecified atom stereocenters. The van der Waals surface area contributed by atoms with Gasteiger partial charge in [-0.3, -0.25) is 0 Å². The van der Waals surface area contributed by atoms with E-state index in [4.69, 9.17) is 4.42 Å². The average molecular weight is 193 g/mol. The quantitative estimate of drug-likeness (QED) is 0.729. The fraction of sp³-hybridized carbons (Fsp3) is 0.125. The van der Waals surface area contributed by atoms with Crippen LogP contribution in [0.15, 0.2) is 39.3 Å². The van der Waals surface area contributed by atoms with Crippen molar-refractivity contribution in [1.82, 2.24) is 15.2 Å². The Morgan fingerprint density at radius 1 is 1.46 bits per heavy atom. The van der Waals surface area contributed by atoms with Gasteiger partial charge in [0, 0.05) is 6.20 Å². The third-order valence-corrected chi connectivity index (χ3v) is 2.13. The van der Waals surface area contributed by atoms with Gasteiger partial charge in [-0.2, -0.15) is 5.10 Å². The minimum Gasteiger partial charge on any atom is -0.439 e. The van der Waals surface area contributed by atoms with Crippen LogP contribution in [0.25, 0.3) is 0 Å². The van der Waals surface area contributed by atoms with E-state index in [2.05, 4.69) is 15.2 Å². The normalized spacial score (nSPS) is 10.2. The molecule has 4 nitrogen and oxygen atoms in total. The summed E-state index contributed by atoms with van der Waals surface area (Å²) in [5.74, 6) is 0. The number of hydrogen-bond donors (Lipinski definition) is 0. The van der Waals surface area contributed by atoms with Gasteiger partial charge >= 0.3 is 0 Å². The maximum Gasteiger partial charge on any atom is 0.262 e. The summed E-state index contributed by atoms with van der Waals surface area (Å²) in [6.07, 6.45) is 3.24. The van der Waals surface area contributed by atoms with Crippen LogP contribution in [0.1, 0.15) is 5.69 Å². The summed E-state index contributed by atoms with van der Waals surface area (Å²) < 4.78 is 5.15. The summed E-state index contributed by atoms with van der Waals surface area (Å²) in [4.78, 5) is 4.13. The highest BCUT2D eigenvalue weighted by Crippen LogP contribution is 2.23. The van der Waals surface area contributed by atoms with Crippen molar-refractivity contribution >= 4 is 11.8 Å². The molecule has 0 saturated carbocycles. The van der Waals surface area contributed by atoms with E-state index in [0.29, 0.717) is 5.22 Å². The second-order valence-corrected chi connectivity index (χ2v) is 3.39. The van der Waals surface area contributed by atoms with Crippen LogP contribution in [0, 0.1) is 6.92 Å². The fourth-order valence-electron chi connectivity index (χ4n) is 0.811. The summed E-state index contributed by atoms with van der Waals surface area (Å²) in [5, 5.41) is 9.02. The van der Waals surface area contributed by atoms with E-state index in [0.717, 1.165) is 10.7 Å². The van der Waals surface area contributed by atoms with Crippen LogP contribution in [0.3, 0.4) is 0 Å². The molecule has 0 aliphatic heterocycles. The highest BCUT2D eigenvalue weighted by Gasteiger charge is 2.03. The van der Waals surface area contributed by atoms with E-state index in [1.807, 2.05) is 19.1 Å². The van der Waals surface area contributed by atoms with Gasteiger partial charge in [-0.1, -0.05) is 0 Å². The van der Waals surface area contributed by atoms with Gasteiger partial charge in [0.25, 0.3) is 5.22 Å². The van der Waals surface area contributed by atoms with Gasteiger partial charge in [-0.15, -0.1) is 5.10 Å². The van der Waals surface area contributed by atoms with Crippen LogP contribution in [0.4, 0.5) is 0 Å². The molecule has 2 heterocycles. The van der Waals surface area contributed by atoms with Crippen LogP contribution in [0.5, 0.6) is 0 Å². The number of aromatic nitrogens is 3. The Bertz CT molecular complexity index is 387. The molecule has 0 bridgehead atoms. The zero-order valence-corrected chi connectivity index (χ0v) is 7.78. The number of hydrogen-bond acceptors (Lipinski definition) is 5. The first kappa shape index (κ1) is 8.25. The molecule has 0 amide bonds. The Morgan fingerprint density at radius 2 is 2.38 bits per heavy atom. The third-order valence-electron chi connectivity index (χ3n) is 1.34. The summed E-state index contributed by atoms with van der Waals surface area (Å²) >= 11 is 1.36. The van der Waals surface area contributed by atoms with Crippen LogP contribution in [0.2, 0.25) is 0 Å². The van der Waals surface area contributed by atoms with E-state index < -0.39 is 0 Å². The molecule has 0 fully saturated rings. The van der Waals surface area contributed by atoms with Gasteiger partial charge in [-0.05, 0) is 30.8 Å². The molecular formula is C8H7N3OS. The van der Waals surface area contributed by atoms with Crippen molar-refractivity contribution in [3.05, 3.63) is 30.3 Å². The van der Waals surface area contributed by atoms with Crippen LogP contribution >= 0.6 is 11.8 Å². The van der Waals surface area contributed by atoms with Crippen molar-refractivity contribution in [3.8, 4) is 0 Å². The molecular weight excluding hydrogens is 186 g/mol. The van der Waals surface area contributed by atoms with E-state index >= 15 is 0 Å². The topological polar surface area (TPSA) is 51.8 Å². The third kappa shape index (κ3) is 2.06. The maximum atomic E-state index is 5.15. The Balaban J connectivity index is 2.15. The Morgan fingerprint density at radius 3 is 3.00 bits per heavy atom. The van der Waals surface area contributed by atoms with E-state index in [-0.39, 0.29) is 0 Å². The first-order chi connectivity index (χ1) is 6.34. The van der Waals surface area contributed by atoms with Gasteiger partial charge in [0.1, 0.15) is 11.3 Å². The number of nitrogens with zero attached hydrogens (tertiary/aromatic N) is 3. The molecule has 0 spiro atoms. The SMILES string of the molecule is Cc1coc(Sc2cccnn2)n1. The van der Waals surface area contributed by atoms with E-state index in [1.165, 1.54) is 11.8 Å². The van der Waals surface area contributed by atoms with Crippen LogP contribution < -0.4 is 0 Å². The predicted molar refractivity (Wildman–Crippen MR) is 47.4 cm³/mol. The lowest BCUT2D eigenvalue weighted by Crippen LogP contribution is -1.82. The summed E-state index contributed by atoms with van der Waals surface area (Å²) in [7, 11) is 0. The molecule has 5 heteroatoms. The molecule has 0 atom stereocenters. The smallest absolute Gasteiger partial charge is 0.262 e. The first-order valence-corrected chi connectivity index (χ1v) is 4.54. The van der Waals surface area contributed by atoms with Crippen LogP contribution in [-0.2, 0) is 0 Å². The zero-order valence-electron chi connectivity index (χ0n) is 6.97. The van der Waals surface area contributed by atoms with E-state index in [1.54, 1.807) is 12.5 Å². The molecule has 0 radical (unpaired) electrons. The van der Waals surface area contributed by atoms with Crippen molar-refractivity contribution in [1.29, 1.82) is 0 Å². The Hall–Kier alpha value is -1.36. The lowest BCUT2D eigenvalue weighted by molar-refractivity contribution is 0.453. The monoisotopic (exact) mass is 193 g/mol. The minimum atomic E-state index is 0.595. The molecule has 0 saturated heterocycles. The number of rotatable bonds is 2. The van der Waals surface area contributed by atoms with Gasteiger partial charge in [0.15, 0.2) is 0 Å². The summed E-state index contributed by atoms with van der Waals surface area (Å²) in [5.41, 5.74) is 0.867. The molecule has 0 aliphatic rings. The Kier molecular flexibility index (Phi) is 2.27. The second kappa shape index (κ2) is 3.57. The van der Waals surface area contributed by atoms with Gasteiger partial charge in [0.05, 0.1) is 5.69 Å². The number of aryl methyl sites for hydroxylation is 1. The molecule has 2 aromatic rings. The van der Waals surface area contributed by atoms with Crippen molar-refractivity contribution in [2.24, 2.45) is 0 Å². The fourth-order valence-corrected chi connectivity index (χ4v) is 1.51. The van der Waals surface area contributed by atoms with Crippen molar-refractivity contribution in [3.63, 3.8) is 0 Å². The standard InChI is InChI=1S/C8H7N3OS/c1-6-5-12-8(10-6)13-7-3-2-4-9-11-7/h2-5H,1H3. The molecule has 0 N–H and O–H groups in total.